The molecule has 1 aromatic rings. The second-order valence-electron chi connectivity index (χ2n) is 4.01. The van der Waals surface area contributed by atoms with E-state index >= 15 is 0 Å². The lowest BCUT2D eigenvalue weighted by Crippen LogP contribution is -2.64. The number of carbonyl (C=O) groups excluding carboxylic acids is 3. The van der Waals surface area contributed by atoms with E-state index < -0.39 is 23.3 Å². The van der Waals surface area contributed by atoms with Crippen LogP contribution in [0.2, 0.25) is 0 Å². The minimum Gasteiger partial charge on any atom is -0.277 e. The number of benzene rings is 1. The Morgan fingerprint density at radius 3 is 2.28 bits per heavy atom. The van der Waals surface area contributed by atoms with Crippen molar-refractivity contribution in [2.24, 2.45) is 0 Å². The summed E-state index contributed by atoms with van der Waals surface area (Å²) in [4.78, 5) is 35.3. The van der Waals surface area contributed by atoms with Gasteiger partial charge in [-0.05, 0) is 46.7 Å². The topological polar surface area (TPSA) is 75.3 Å². The van der Waals surface area contributed by atoms with Crippen molar-refractivity contribution < 1.29 is 14.4 Å². The van der Waals surface area contributed by atoms with Crippen LogP contribution in [0.1, 0.15) is 18.9 Å². The van der Waals surface area contributed by atoms with Gasteiger partial charge in [0.2, 0.25) is 11.8 Å². The molecule has 5 nitrogen and oxygen atoms in total. The Labute approximate surface area is 117 Å². The second-order valence-corrected chi connectivity index (χ2v) is 5.25. The van der Waals surface area contributed by atoms with Crippen LogP contribution in [-0.4, -0.2) is 17.8 Å². The quantitative estimate of drug-likeness (QED) is 0.618. The largest absolute Gasteiger partial charge is 0.328 e. The number of halogens is 1. The van der Waals surface area contributed by atoms with Crippen LogP contribution >= 0.6 is 22.6 Å². The van der Waals surface area contributed by atoms with Gasteiger partial charge in [0.15, 0.2) is 5.41 Å². The monoisotopic (exact) mass is 358 g/mol. The lowest BCUT2D eigenvalue weighted by Gasteiger charge is -2.33. The van der Waals surface area contributed by atoms with E-state index in [4.69, 9.17) is 0 Å². The SMILES string of the molecule is CCC1(c2cccc(I)c2)C(=O)NC(=O)NC1=O. The van der Waals surface area contributed by atoms with Crippen LogP contribution in [0.5, 0.6) is 0 Å². The molecule has 4 amide bonds. The van der Waals surface area contributed by atoms with Crippen molar-refractivity contribution in [1.29, 1.82) is 0 Å². The summed E-state index contributed by atoms with van der Waals surface area (Å²) < 4.78 is 0.926. The van der Waals surface area contributed by atoms with Crippen molar-refractivity contribution >= 4 is 40.4 Å². The van der Waals surface area contributed by atoms with E-state index in [1.807, 2.05) is 6.07 Å². The Hall–Kier alpha value is -1.44. The molecule has 0 bridgehead atoms. The molecule has 0 spiro atoms. The summed E-state index contributed by atoms with van der Waals surface area (Å²) in [6.45, 7) is 1.74. The summed E-state index contributed by atoms with van der Waals surface area (Å²) in [6, 6.07) is 6.39. The normalized spacial score (nSPS) is 18.2. The van der Waals surface area contributed by atoms with Gasteiger partial charge >= 0.3 is 6.03 Å². The molecule has 1 aliphatic rings. The van der Waals surface area contributed by atoms with Gasteiger partial charge in [0.1, 0.15) is 0 Å². The first-order valence-electron chi connectivity index (χ1n) is 5.43. The van der Waals surface area contributed by atoms with Gasteiger partial charge in [-0.25, -0.2) is 4.79 Å². The number of nitrogens with one attached hydrogen (secondary N) is 2. The fraction of sp³-hybridized carbons (Fsp3) is 0.250. The molecule has 1 aromatic carbocycles. The highest BCUT2D eigenvalue weighted by Gasteiger charge is 2.50. The minimum absolute atomic E-state index is 0.290. The molecule has 1 saturated heterocycles. The Morgan fingerprint density at radius 2 is 1.78 bits per heavy atom. The molecule has 2 N–H and O–H groups in total. The highest BCUT2D eigenvalue weighted by molar-refractivity contribution is 14.1. The van der Waals surface area contributed by atoms with E-state index in [0.717, 1.165) is 3.57 Å². The predicted molar refractivity (Wildman–Crippen MR) is 72.8 cm³/mol. The molecule has 1 heterocycles. The summed E-state index contributed by atoms with van der Waals surface area (Å²) in [7, 11) is 0. The Bertz CT molecular complexity index is 522. The van der Waals surface area contributed by atoms with Crippen molar-refractivity contribution in [1.82, 2.24) is 10.6 Å². The highest BCUT2D eigenvalue weighted by Crippen LogP contribution is 2.31. The molecule has 0 atom stereocenters. The minimum atomic E-state index is -1.32. The maximum atomic E-state index is 12.1. The third kappa shape index (κ3) is 1.90. The second kappa shape index (κ2) is 4.68. The van der Waals surface area contributed by atoms with E-state index in [0.29, 0.717) is 5.56 Å². The van der Waals surface area contributed by atoms with Gasteiger partial charge < -0.3 is 0 Å². The van der Waals surface area contributed by atoms with Gasteiger partial charge in [0.05, 0.1) is 0 Å². The zero-order valence-corrected chi connectivity index (χ0v) is 11.8. The summed E-state index contributed by atoms with van der Waals surface area (Å²) >= 11 is 2.11. The molecule has 0 aromatic heterocycles. The number of carbonyl (C=O) groups is 3. The average Bonchev–Trinajstić information content (AvgIpc) is 2.29. The number of amides is 4. The number of hydrogen-bond donors (Lipinski definition) is 2. The van der Waals surface area contributed by atoms with Crippen LogP contribution in [0, 0.1) is 3.57 Å². The molecule has 1 aliphatic heterocycles. The first-order chi connectivity index (χ1) is 8.50. The lowest BCUT2D eigenvalue weighted by atomic mass is 9.75. The Kier molecular flexibility index (Phi) is 3.38. The van der Waals surface area contributed by atoms with Crippen molar-refractivity contribution in [3.8, 4) is 0 Å². The standard InChI is InChI=1S/C12H11IN2O3/c1-2-12(7-4-3-5-8(13)6-7)9(16)14-11(18)15-10(12)17/h3-6H,2H2,1H3,(H2,14,15,16,17,18). The number of hydrogen-bond acceptors (Lipinski definition) is 3. The molecule has 94 valence electrons. The van der Waals surface area contributed by atoms with Gasteiger partial charge in [-0.3, -0.25) is 20.2 Å². The van der Waals surface area contributed by atoms with Gasteiger partial charge in [0.25, 0.3) is 0 Å². The van der Waals surface area contributed by atoms with E-state index in [1.54, 1.807) is 25.1 Å². The molecule has 0 saturated carbocycles. The van der Waals surface area contributed by atoms with Crippen LogP contribution in [0.15, 0.2) is 24.3 Å². The number of barbiturate groups is 1. The molecule has 1 fully saturated rings. The molecule has 0 radical (unpaired) electrons. The van der Waals surface area contributed by atoms with E-state index in [1.165, 1.54) is 0 Å². The van der Waals surface area contributed by atoms with Crippen molar-refractivity contribution in [2.75, 3.05) is 0 Å². The Balaban J connectivity index is 2.57. The zero-order chi connectivity index (χ0) is 13.3. The molecule has 0 aliphatic carbocycles. The van der Waals surface area contributed by atoms with Gasteiger partial charge in [-0.2, -0.15) is 0 Å². The van der Waals surface area contributed by atoms with E-state index in [-0.39, 0.29) is 6.42 Å². The number of urea groups is 1. The zero-order valence-electron chi connectivity index (χ0n) is 9.62. The van der Waals surface area contributed by atoms with Crippen LogP contribution < -0.4 is 10.6 Å². The maximum Gasteiger partial charge on any atom is 0.328 e. The summed E-state index contributed by atoms with van der Waals surface area (Å²) in [6.07, 6.45) is 0.290. The molecular weight excluding hydrogens is 347 g/mol. The van der Waals surface area contributed by atoms with Crippen LogP contribution in [0.3, 0.4) is 0 Å². The van der Waals surface area contributed by atoms with Crippen LogP contribution in [0.25, 0.3) is 0 Å². The number of imide groups is 2. The van der Waals surface area contributed by atoms with E-state index in [2.05, 4.69) is 33.2 Å². The number of rotatable bonds is 2. The smallest absolute Gasteiger partial charge is 0.277 e. The highest BCUT2D eigenvalue weighted by atomic mass is 127. The summed E-state index contributed by atoms with van der Waals surface area (Å²) in [5.41, 5.74) is -0.728. The first-order valence-corrected chi connectivity index (χ1v) is 6.51. The third-order valence-corrected chi connectivity index (χ3v) is 3.75. The molecular formula is C12H11IN2O3. The van der Waals surface area contributed by atoms with Crippen LogP contribution in [0.4, 0.5) is 4.79 Å². The van der Waals surface area contributed by atoms with Gasteiger partial charge in [-0.1, -0.05) is 19.1 Å². The fourth-order valence-electron chi connectivity index (χ4n) is 2.10. The van der Waals surface area contributed by atoms with E-state index in [9.17, 15) is 14.4 Å². The lowest BCUT2D eigenvalue weighted by molar-refractivity contribution is -0.138. The summed E-state index contributed by atoms with van der Waals surface area (Å²) in [5.74, 6) is -1.14. The van der Waals surface area contributed by atoms with Crippen LogP contribution in [-0.2, 0) is 15.0 Å². The Morgan fingerprint density at radius 1 is 1.17 bits per heavy atom. The third-order valence-electron chi connectivity index (χ3n) is 3.08. The molecule has 2 rings (SSSR count). The van der Waals surface area contributed by atoms with Gasteiger partial charge in [-0.15, -0.1) is 0 Å². The maximum absolute atomic E-state index is 12.1. The summed E-state index contributed by atoms with van der Waals surface area (Å²) in [5, 5.41) is 4.31. The van der Waals surface area contributed by atoms with Crippen molar-refractivity contribution in [3.05, 3.63) is 33.4 Å². The first kappa shape index (κ1) is 13.0. The van der Waals surface area contributed by atoms with Crippen molar-refractivity contribution in [3.63, 3.8) is 0 Å². The fourth-order valence-corrected chi connectivity index (χ4v) is 2.64. The average molecular weight is 358 g/mol. The van der Waals surface area contributed by atoms with Crippen molar-refractivity contribution in [2.45, 2.75) is 18.8 Å². The van der Waals surface area contributed by atoms with Gasteiger partial charge in [0, 0.05) is 3.57 Å². The molecule has 0 unspecified atom stereocenters. The predicted octanol–water partition coefficient (Wildman–Crippen LogP) is 1.30. The molecule has 6 heteroatoms. The molecule has 18 heavy (non-hydrogen) atoms.